The van der Waals surface area contributed by atoms with Gasteiger partial charge in [-0.15, -0.1) is 0 Å². The lowest BCUT2D eigenvalue weighted by Crippen LogP contribution is -2.33. The molecule has 0 radical (unpaired) electrons. The van der Waals surface area contributed by atoms with E-state index in [9.17, 15) is 14.9 Å². The Morgan fingerprint density at radius 1 is 1.40 bits per heavy atom. The lowest BCUT2D eigenvalue weighted by atomic mass is 10.1. The van der Waals surface area contributed by atoms with Crippen LogP contribution in [0.25, 0.3) is 0 Å². The highest BCUT2D eigenvalue weighted by Crippen LogP contribution is 2.29. The summed E-state index contributed by atoms with van der Waals surface area (Å²) in [6.07, 6.45) is 3.05. The molecule has 2 atom stereocenters. The number of anilines is 1. The molecular weight excluding hydrogens is 258 g/mol. The number of nitrogens with zero attached hydrogens (tertiary/aromatic N) is 1. The van der Waals surface area contributed by atoms with E-state index in [0.717, 1.165) is 19.3 Å². The summed E-state index contributed by atoms with van der Waals surface area (Å²) in [6.45, 7) is 2.17. The first-order valence-electron chi connectivity index (χ1n) is 6.79. The Labute approximate surface area is 117 Å². The van der Waals surface area contributed by atoms with Gasteiger partial charge in [-0.25, -0.2) is 0 Å². The number of hydrogen-bond donors (Lipinski definition) is 2. The molecule has 1 saturated carbocycles. The van der Waals surface area contributed by atoms with E-state index in [2.05, 4.69) is 17.6 Å². The Kier molecular flexibility index (Phi) is 4.22. The molecular formula is C14H19N3O3. The summed E-state index contributed by atoms with van der Waals surface area (Å²) < 4.78 is 0. The minimum atomic E-state index is -0.486. The molecule has 0 heterocycles. The van der Waals surface area contributed by atoms with Gasteiger partial charge in [-0.05, 0) is 31.2 Å². The van der Waals surface area contributed by atoms with Crippen molar-refractivity contribution >= 4 is 17.3 Å². The first-order chi connectivity index (χ1) is 9.52. The lowest BCUT2D eigenvalue weighted by molar-refractivity contribution is -0.384. The highest BCUT2D eigenvalue weighted by Gasteiger charge is 2.26. The molecule has 6 heteroatoms. The Bertz CT molecular complexity index is 530. The maximum absolute atomic E-state index is 12.3. The molecule has 1 aromatic carbocycles. The van der Waals surface area contributed by atoms with E-state index in [1.165, 1.54) is 12.1 Å². The number of benzene rings is 1. The van der Waals surface area contributed by atoms with Crippen molar-refractivity contribution in [3.63, 3.8) is 0 Å². The van der Waals surface area contributed by atoms with Crippen LogP contribution in [0, 0.1) is 16.0 Å². The predicted molar refractivity (Wildman–Crippen MR) is 76.9 cm³/mol. The monoisotopic (exact) mass is 277 g/mol. The molecule has 2 unspecified atom stereocenters. The van der Waals surface area contributed by atoms with Gasteiger partial charge in [-0.2, -0.15) is 0 Å². The third kappa shape index (κ3) is 2.89. The quantitative estimate of drug-likeness (QED) is 0.654. The van der Waals surface area contributed by atoms with Crippen molar-refractivity contribution < 1.29 is 9.72 Å². The van der Waals surface area contributed by atoms with Crippen molar-refractivity contribution in [2.45, 2.75) is 32.2 Å². The second kappa shape index (κ2) is 5.90. The molecule has 1 aliphatic carbocycles. The summed E-state index contributed by atoms with van der Waals surface area (Å²) in [5.41, 5.74) is 0.502. The summed E-state index contributed by atoms with van der Waals surface area (Å²) in [4.78, 5) is 22.8. The number of hydrogen-bond acceptors (Lipinski definition) is 4. The number of nitro benzene ring substituents is 1. The second-order valence-electron chi connectivity index (χ2n) is 5.30. The molecule has 1 aromatic rings. The number of amides is 1. The van der Waals surface area contributed by atoms with Gasteiger partial charge < -0.3 is 10.6 Å². The van der Waals surface area contributed by atoms with Crippen molar-refractivity contribution in [3.8, 4) is 0 Å². The maximum Gasteiger partial charge on any atom is 0.293 e. The normalized spacial score (nSPS) is 21.5. The summed E-state index contributed by atoms with van der Waals surface area (Å²) in [5, 5.41) is 16.7. The fourth-order valence-corrected chi connectivity index (χ4v) is 2.75. The van der Waals surface area contributed by atoms with Crippen LogP contribution >= 0.6 is 0 Å². The van der Waals surface area contributed by atoms with Gasteiger partial charge in [0.1, 0.15) is 5.69 Å². The highest BCUT2D eigenvalue weighted by molar-refractivity contribution is 6.01. The van der Waals surface area contributed by atoms with Crippen LogP contribution in [0.2, 0.25) is 0 Å². The van der Waals surface area contributed by atoms with Crippen LogP contribution in [0.15, 0.2) is 18.2 Å². The van der Waals surface area contributed by atoms with Crippen LogP contribution in [0.5, 0.6) is 0 Å². The van der Waals surface area contributed by atoms with Gasteiger partial charge in [-0.3, -0.25) is 14.9 Å². The van der Waals surface area contributed by atoms with Crippen LogP contribution in [0.3, 0.4) is 0 Å². The molecule has 0 saturated heterocycles. The van der Waals surface area contributed by atoms with Crippen LogP contribution in [0.1, 0.15) is 36.5 Å². The lowest BCUT2D eigenvalue weighted by Gasteiger charge is -2.14. The van der Waals surface area contributed by atoms with E-state index >= 15 is 0 Å². The topological polar surface area (TPSA) is 84.3 Å². The van der Waals surface area contributed by atoms with Crippen LogP contribution in [-0.2, 0) is 0 Å². The maximum atomic E-state index is 12.3. The summed E-state index contributed by atoms with van der Waals surface area (Å²) >= 11 is 0. The smallest absolute Gasteiger partial charge is 0.293 e. The standard InChI is InChI=1S/C14H19N3O3/c1-9-6-7-10(8-9)16-14(18)11-4-3-5-12(17(19)20)13(11)15-2/h3-5,9-10,15H,6-8H2,1-2H3,(H,16,18). The fourth-order valence-electron chi connectivity index (χ4n) is 2.75. The summed E-state index contributed by atoms with van der Waals surface area (Å²) in [6, 6.07) is 4.69. The molecule has 1 fully saturated rings. The van der Waals surface area contributed by atoms with Gasteiger partial charge >= 0.3 is 0 Å². The molecule has 108 valence electrons. The number of nitro groups is 1. The summed E-state index contributed by atoms with van der Waals surface area (Å²) in [5.74, 6) is 0.367. The zero-order valence-corrected chi connectivity index (χ0v) is 11.7. The van der Waals surface area contributed by atoms with E-state index in [-0.39, 0.29) is 23.3 Å². The van der Waals surface area contributed by atoms with E-state index in [1.54, 1.807) is 13.1 Å². The Balaban J connectivity index is 2.21. The highest BCUT2D eigenvalue weighted by atomic mass is 16.6. The Hall–Kier alpha value is -2.11. The van der Waals surface area contributed by atoms with Crippen LogP contribution in [0.4, 0.5) is 11.4 Å². The fraction of sp³-hybridized carbons (Fsp3) is 0.500. The van der Waals surface area contributed by atoms with E-state index < -0.39 is 4.92 Å². The Morgan fingerprint density at radius 2 is 2.15 bits per heavy atom. The largest absolute Gasteiger partial charge is 0.382 e. The molecule has 0 aliphatic heterocycles. The molecule has 20 heavy (non-hydrogen) atoms. The van der Waals surface area contributed by atoms with Gasteiger partial charge in [0.15, 0.2) is 0 Å². The molecule has 1 aliphatic rings. The number of carbonyl (C=O) groups is 1. The average Bonchev–Trinajstić information content (AvgIpc) is 2.82. The average molecular weight is 277 g/mol. The number of rotatable bonds is 4. The third-order valence-electron chi connectivity index (χ3n) is 3.76. The van der Waals surface area contributed by atoms with Crippen molar-refractivity contribution in [1.29, 1.82) is 0 Å². The first-order valence-corrected chi connectivity index (χ1v) is 6.79. The molecule has 2 rings (SSSR count). The molecule has 0 aromatic heterocycles. The van der Waals surface area contributed by atoms with E-state index in [0.29, 0.717) is 11.5 Å². The zero-order chi connectivity index (χ0) is 14.7. The van der Waals surface area contributed by atoms with E-state index in [1.807, 2.05) is 0 Å². The van der Waals surface area contributed by atoms with Gasteiger partial charge in [0, 0.05) is 19.2 Å². The van der Waals surface area contributed by atoms with Crippen LogP contribution < -0.4 is 10.6 Å². The van der Waals surface area contributed by atoms with E-state index in [4.69, 9.17) is 0 Å². The number of para-hydroxylation sites is 1. The number of nitrogens with one attached hydrogen (secondary N) is 2. The molecule has 0 bridgehead atoms. The molecule has 2 N–H and O–H groups in total. The third-order valence-corrected chi connectivity index (χ3v) is 3.76. The summed E-state index contributed by atoms with van der Waals surface area (Å²) in [7, 11) is 1.58. The van der Waals surface area contributed by atoms with Gasteiger partial charge in [-0.1, -0.05) is 13.0 Å². The second-order valence-corrected chi connectivity index (χ2v) is 5.30. The molecule has 1 amide bonds. The van der Waals surface area contributed by atoms with Crippen LogP contribution in [-0.4, -0.2) is 23.9 Å². The Morgan fingerprint density at radius 3 is 2.70 bits per heavy atom. The van der Waals surface area contributed by atoms with Crippen molar-refractivity contribution in [1.82, 2.24) is 5.32 Å². The van der Waals surface area contributed by atoms with Crippen molar-refractivity contribution in [2.24, 2.45) is 5.92 Å². The number of carbonyl (C=O) groups excluding carboxylic acids is 1. The van der Waals surface area contributed by atoms with Gasteiger partial charge in [0.05, 0.1) is 10.5 Å². The minimum absolute atomic E-state index is 0.0834. The van der Waals surface area contributed by atoms with Crippen molar-refractivity contribution in [2.75, 3.05) is 12.4 Å². The zero-order valence-electron chi connectivity index (χ0n) is 11.7. The molecule has 6 nitrogen and oxygen atoms in total. The predicted octanol–water partition coefficient (Wildman–Crippen LogP) is 2.55. The van der Waals surface area contributed by atoms with Gasteiger partial charge in [0.25, 0.3) is 11.6 Å². The van der Waals surface area contributed by atoms with Gasteiger partial charge in [0.2, 0.25) is 0 Å². The SMILES string of the molecule is CNc1c(C(=O)NC2CCC(C)C2)cccc1[N+](=O)[O-]. The molecule has 0 spiro atoms. The van der Waals surface area contributed by atoms with Crippen molar-refractivity contribution in [3.05, 3.63) is 33.9 Å². The minimum Gasteiger partial charge on any atom is -0.382 e. The first kappa shape index (κ1) is 14.3.